The molecule has 18 heavy (non-hydrogen) atoms. The van der Waals surface area contributed by atoms with E-state index in [0.717, 1.165) is 17.9 Å². The van der Waals surface area contributed by atoms with Crippen molar-refractivity contribution in [2.45, 2.75) is 19.9 Å². The van der Waals surface area contributed by atoms with Gasteiger partial charge in [0.2, 0.25) is 5.91 Å². The number of amides is 2. The average Bonchev–Trinajstić information content (AvgIpc) is 2.35. The molecule has 2 rings (SSSR count). The van der Waals surface area contributed by atoms with Crippen LogP contribution in [0.15, 0.2) is 18.3 Å². The number of anilines is 1. The molecule has 2 amide bonds. The zero-order valence-electron chi connectivity index (χ0n) is 10.2. The Kier molecular flexibility index (Phi) is 4.19. The number of imide groups is 1. The first-order valence-corrected chi connectivity index (χ1v) is 6.85. The van der Waals surface area contributed by atoms with Gasteiger partial charge in [-0.05, 0) is 24.6 Å². The van der Waals surface area contributed by atoms with Gasteiger partial charge in [0.05, 0.1) is 6.54 Å². The molecule has 1 saturated heterocycles. The van der Waals surface area contributed by atoms with Gasteiger partial charge in [-0.15, -0.1) is 0 Å². The summed E-state index contributed by atoms with van der Waals surface area (Å²) in [6.45, 7) is 3.10. The summed E-state index contributed by atoms with van der Waals surface area (Å²) in [7, 11) is 0. The maximum absolute atomic E-state index is 11.7. The van der Waals surface area contributed by atoms with Crippen LogP contribution in [0.2, 0.25) is 0 Å². The summed E-state index contributed by atoms with van der Waals surface area (Å²) in [4.78, 5) is 28.8. The number of thioether (sulfide) groups is 1. The highest BCUT2D eigenvalue weighted by molar-refractivity contribution is 8.13. The number of nitrogens with zero attached hydrogens (tertiary/aromatic N) is 2. The Bertz CT molecular complexity index is 448. The fraction of sp³-hybridized carbons (Fsp3) is 0.417. The number of pyridine rings is 1. The second-order valence-corrected chi connectivity index (χ2v) is 4.97. The largest absolute Gasteiger partial charge is 0.370 e. The topological polar surface area (TPSA) is 62.3 Å². The fourth-order valence-electron chi connectivity index (χ4n) is 1.73. The van der Waals surface area contributed by atoms with Crippen LogP contribution in [0.4, 0.5) is 10.6 Å². The minimum absolute atomic E-state index is 0.0967. The number of aromatic nitrogens is 1. The van der Waals surface area contributed by atoms with E-state index in [-0.39, 0.29) is 11.1 Å². The fourth-order valence-corrected chi connectivity index (χ4v) is 2.50. The molecule has 0 spiro atoms. The maximum Gasteiger partial charge on any atom is 0.288 e. The zero-order chi connectivity index (χ0) is 13.0. The summed E-state index contributed by atoms with van der Waals surface area (Å²) in [6.07, 6.45) is 2.11. The molecule has 6 heteroatoms. The number of nitrogens with one attached hydrogen (secondary N) is 1. The van der Waals surface area contributed by atoms with Gasteiger partial charge in [-0.3, -0.25) is 14.5 Å². The summed E-state index contributed by atoms with van der Waals surface area (Å²) in [5.74, 6) is 1.26. The highest BCUT2D eigenvalue weighted by Gasteiger charge is 2.26. The quantitative estimate of drug-likeness (QED) is 0.903. The van der Waals surface area contributed by atoms with Gasteiger partial charge in [-0.2, -0.15) is 0 Å². The smallest absolute Gasteiger partial charge is 0.288 e. The van der Waals surface area contributed by atoms with Crippen LogP contribution in [0.5, 0.6) is 0 Å². The van der Waals surface area contributed by atoms with E-state index in [4.69, 9.17) is 0 Å². The third-order valence-electron chi connectivity index (χ3n) is 2.59. The molecule has 1 aliphatic rings. The van der Waals surface area contributed by atoms with E-state index in [1.54, 1.807) is 6.20 Å². The van der Waals surface area contributed by atoms with Crippen molar-refractivity contribution in [3.05, 3.63) is 23.9 Å². The molecule has 0 unspecified atom stereocenters. The van der Waals surface area contributed by atoms with E-state index in [1.807, 2.05) is 19.1 Å². The summed E-state index contributed by atoms with van der Waals surface area (Å²) in [5.41, 5.74) is 0.908. The average molecular weight is 265 g/mol. The van der Waals surface area contributed by atoms with Crippen LogP contribution >= 0.6 is 11.8 Å². The van der Waals surface area contributed by atoms with Crippen LogP contribution in [0, 0.1) is 0 Å². The molecule has 0 atom stereocenters. The van der Waals surface area contributed by atoms with Crippen molar-refractivity contribution in [2.24, 2.45) is 0 Å². The predicted octanol–water partition coefficient (Wildman–Crippen LogP) is 2.10. The van der Waals surface area contributed by atoms with Crippen molar-refractivity contribution in [3.8, 4) is 0 Å². The molecule has 0 aliphatic carbocycles. The van der Waals surface area contributed by atoms with Gasteiger partial charge >= 0.3 is 0 Å². The van der Waals surface area contributed by atoms with Gasteiger partial charge in [0.1, 0.15) is 5.82 Å². The van der Waals surface area contributed by atoms with Crippen molar-refractivity contribution in [2.75, 3.05) is 17.6 Å². The van der Waals surface area contributed by atoms with Crippen LogP contribution in [0.1, 0.15) is 18.9 Å². The minimum atomic E-state index is -0.159. The molecular weight excluding hydrogens is 250 g/mol. The lowest BCUT2D eigenvalue weighted by Gasteiger charge is -2.24. The Balaban J connectivity index is 2.10. The van der Waals surface area contributed by atoms with Crippen molar-refractivity contribution in [1.29, 1.82) is 0 Å². The number of hydrogen-bond acceptors (Lipinski definition) is 5. The Hall–Kier alpha value is -1.56. The molecule has 96 valence electrons. The lowest BCUT2D eigenvalue weighted by Crippen LogP contribution is -2.37. The van der Waals surface area contributed by atoms with E-state index in [9.17, 15) is 9.59 Å². The van der Waals surface area contributed by atoms with Crippen molar-refractivity contribution < 1.29 is 9.59 Å². The molecule has 1 fully saturated rings. The molecule has 1 aromatic rings. The van der Waals surface area contributed by atoms with Gasteiger partial charge < -0.3 is 5.32 Å². The minimum Gasteiger partial charge on any atom is -0.370 e. The lowest BCUT2D eigenvalue weighted by atomic mass is 10.2. The van der Waals surface area contributed by atoms with Gasteiger partial charge in [0, 0.05) is 24.9 Å². The Morgan fingerprint density at radius 1 is 1.50 bits per heavy atom. The number of carbonyl (C=O) groups is 2. The summed E-state index contributed by atoms with van der Waals surface area (Å²) in [6, 6.07) is 3.68. The molecule has 1 aromatic heterocycles. The molecule has 0 radical (unpaired) electrons. The third-order valence-corrected chi connectivity index (χ3v) is 3.46. The van der Waals surface area contributed by atoms with Crippen LogP contribution in [-0.2, 0) is 11.3 Å². The summed E-state index contributed by atoms with van der Waals surface area (Å²) >= 11 is 1.20. The van der Waals surface area contributed by atoms with Crippen LogP contribution in [0.3, 0.4) is 0 Å². The second-order valence-electron chi connectivity index (χ2n) is 3.92. The highest BCUT2D eigenvalue weighted by Crippen LogP contribution is 2.21. The molecule has 2 heterocycles. The van der Waals surface area contributed by atoms with Gasteiger partial charge in [-0.1, -0.05) is 11.8 Å². The first kappa shape index (κ1) is 12.9. The maximum atomic E-state index is 11.7. The van der Waals surface area contributed by atoms with Crippen molar-refractivity contribution in [1.82, 2.24) is 9.88 Å². The zero-order valence-corrected chi connectivity index (χ0v) is 11.0. The number of carbonyl (C=O) groups excluding carboxylic acids is 2. The molecule has 1 aliphatic heterocycles. The predicted molar refractivity (Wildman–Crippen MR) is 71.4 cm³/mol. The molecular formula is C12H15N3O2S. The first-order valence-electron chi connectivity index (χ1n) is 5.86. The van der Waals surface area contributed by atoms with Crippen molar-refractivity contribution >= 4 is 28.7 Å². The summed E-state index contributed by atoms with van der Waals surface area (Å²) < 4.78 is 0. The second kappa shape index (κ2) is 5.86. The molecule has 0 saturated carbocycles. The Labute approximate surface area is 110 Å². The molecule has 0 bridgehead atoms. The van der Waals surface area contributed by atoms with Gasteiger partial charge in [0.25, 0.3) is 5.24 Å². The van der Waals surface area contributed by atoms with Crippen LogP contribution < -0.4 is 5.32 Å². The normalized spacial score (nSPS) is 15.9. The van der Waals surface area contributed by atoms with E-state index in [1.165, 1.54) is 16.7 Å². The van der Waals surface area contributed by atoms with E-state index in [2.05, 4.69) is 10.3 Å². The monoisotopic (exact) mass is 265 g/mol. The Morgan fingerprint density at radius 3 is 3.06 bits per heavy atom. The number of rotatable bonds is 4. The van der Waals surface area contributed by atoms with Gasteiger partial charge in [-0.25, -0.2) is 4.98 Å². The van der Waals surface area contributed by atoms with E-state index < -0.39 is 0 Å². The number of hydrogen-bond donors (Lipinski definition) is 1. The Morgan fingerprint density at radius 2 is 2.33 bits per heavy atom. The molecule has 0 aromatic carbocycles. The molecule has 5 nitrogen and oxygen atoms in total. The third kappa shape index (κ3) is 3.01. The molecule has 1 N–H and O–H groups in total. The van der Waals surface area contributed by atoms with E-state index >= 15 is 0 Å². The SMILES string of the molecule is CCNc1cc(CN2C(=O)CCSC2=O)ccn1. The van der Waals surface area contributed by atoms with Crippen LogP contribution in [0.25, 0.3) is 0 Å². The summed E-state index contributed by atoms with van der Waals surface area (Å²) in [5, 5.41) is 2.94. The highest BCUT2D eigenvalue weighted by atomic mass is 32.2. The standard InChI is InChI=1S/C12H15N3O2S/c1-2-13-10-7-9(3-5-14-10)8-15-11(16)4-6-18-12(15)17/h3,5,7H,2,4,6,8H2,1H3,(H,13,14). The van der Waals surface area contributed by atoms with E-state index in [0.29, 0.717) is 18.7 Å². The van der Waals surface area contributed by atoms with Crippen molar-refractivity contribution in [3.63, 3.8) is 0 Å². The first-order chi connectivity index (χ1) is 8.70. The van der Waals surface area contributed by atoms with Gasteiger partial charge in [0.15, 0.2) is 0 Å². The van der Waals surface area contributed by atoms with Crippen LogP contribution in [-0.4, -0.2) is 33.3 Å². The lowest BCUT2D eigenvalue weighted by molar-refractivity contribution is -0.128.